The Kier molecular flexibility index (Phi) is 2.90. The van der Waals surface area contributed by atoms with Crippen LogP contribution in [0.5, 0.6) is 0 Å². The summed E-state index contributed by atoms with van der Waals surface area (Å²) in [6, 6.07) is 10.8. The molecule has 1 atom stereocenters. The molecule has 3 heteroatoms. The van der Waals surface area contributed by atoms with Gasteiger partial charge in [-0.15, -0.1) is 0 Å². The lowest BCUT2D eigenvalue weighted by atomic mass is 10.1. The van der Waals surface area contributed by atoms with E-state index >= 15 is 0 Å². The molecular formula is C12H17N3. The molecule has 2 N–H and O–H groups in total. The highest BCUT2D eigenvalue weighted by Gasteiger charge is 2.25. The molecule has 1 aliphatic rings. The summed E-state index contributed by atoms with van der Waals surface area (Å²) >= 11 is 0. The minimum Gasteiger partial charge on any atom is -0.370 e. The normalized spacial score (nSPS) is 20.5. The van der Waals surface area contributed by atoms with Gasteiger partial charge in [-0.3, -0.25) is 4.99 Å². The third-order valence-corrected chi connectivity index (χ3v) is 2.75. The van der Waals surface area contributed by atoms with Crippen molar-refractivity contribution in [2.45, 2.75) is 19.4 Å². The molecule has 1 aliphatic heterocycles. The van der Waals surface area contributed by atoms with Crippen LogP contribution in [0.25, 0.3) is 0 Å². The Morgan fingerprint density at radius 2 is 2.13 bits per heavy atom. The van der Waals surface area contributed by atoms with Crippen LogP contribution in [0.3, 0.4) is 0 Å². The summed E-state index contributed by atoms with van der Waals surface area (Å²) in [7, 11) is 0. The number of hydrogen-bond acceptors (Lipinski definition) is 3. The molecule has 1 aromatic carbocycles. The summed E-state index contributed by atoms with van der Waals surface area (Å²) in [5.74, 6) is 0.686. The SMILES string of the molecule is CCCN1C(N)=NCC1c1ccccc1. The minimum absolute atomic E-state index is 0.339. The molecule has 15 heavy (non-hydrogen) atoms. The van der Waals surface area contributed by atoms with Crippen LogP contribution >= 0.6 is 0 Å². The predicted molar refractivity (Wildman–Crippen MR) is 62.7 cm³/mol. The highest BCUT2D eigenvalue weighted by Crippen LogP contribution is 2.24. The fourth-order valence-corrected chi connectivity index (χ4v) is 2.00. The summed E-state index contributed by atoms with van der Waals surface area (Å²) in [4.78, 5) is 6.50. The smallest absolute Gasteiger partial charge is 0.191 e. The van der Waals surface area contributed by atoms with E-state index < -0.39 is 0 Å². The highest BCUT2D eigenvalue weighted by atomic mass is 15.3. The molecule has 0 fully saturated rings. The second-order valence-electron chi connectivity index (χ2n) is 3.82. The van der Waals surface area contributed by atoms with Crippen molar-refractivity contribution in [1.29, 1.82) is 0 Å². The van der Waals surface area contributed by atoms with E-state index in [0.717, 1.165) is 19.5 Å². The molecule has 0 bridgehead atoms. The summed E-state index contributed by atoms with van der Waals surface area (Å²) < 4.78 is 0. The van der Waals surface area contributed by atoms with Crippen LogP contribution < -0.4 is 5.73 Å². The zero-order chi connectivity index (χ0) is 10.7. The van der Waals surface area contributed by atoms with Crippen LogP contribution in [0.1, 0.15) is 24.9 Å². The maximum Gasteiger partial charge on any atom is 0.191 e. The van der Waals surface area contributed by atoms with E-state index in [-0.39, 0.29) is 0 Å². The van der Waals surface area contributed by atoms with Gasteiger partial charge in [0.2, 0.25) is 0 Å². The first-order chi connectivity index (χ1) is 7.33. The fourth-order valence-electron chi connectivity index (χ4n) is 2.00. The van der Waals surface area contributed by atoms with Gasteiger partial charge in [0, 0.05) is 6.54 Å². The van der Waals surface area contributed by atoms with Gasteiger partial charge in [-0.25, -0.2) is 0 Å². The lowest BCUT2D eigenvalue weighted by Gasteiger charge is -2.25. The van der Waals surface area contributed by atoms with Gasteiger partial charge < -0.3 is 10.6 Å². The van der Waals surface area contributed by atoms with E-state index in [9.17, 15) is 0 Å². The van der Waals surface area contributed by atoms with Gasteiger partial charge in [0.25, 0.3) is 0 Å². The molecule has 0 saturated carbocycles. The Bertz CT molecular complexity index is 345. The zero-order valence-electron chi connectivity index (χ0n) is 9.06. The molecule has 1 heterocycles. The first-order valence-electron chi connectivity index (χ1n) is 5.44. The third-order valence-electron chi connectivity index (χ3n) is 2.75. The maximum atomic E-state index is 5.87. The number of guanidine groups is 1. The van der Waals surface area contributed by atoms with Crippen molar-refractivity contribution in [2.24, 2.45) is 10.7 Å². The minimum atomic E-state index is 0.339. The highest BCUT2D eigenvalue weighted by molar-refractivity contribution is 5.80. The molecule has 80 valence electrons. The van der Waals surface area contributed by atoms with Crippen molar-refractivity contribution in [2.75, 3.05) is 13.1 Å². The van der Waals surface area contributed by atoms with E-state index in [2.05, 4.69) is 41.1 Å². The Hall–Kier alpha value is -1.51. The van der Waals surface area contributed by atoms with Gasteiger partial charge in [0.15, 0.2) is 5.96 Å². The van der Waals surface area contributed by atoms with Crippen molar-refractivity contribution in [3.8, 4) is 0 Å². The van der Waals surface area contributed by atoms with Crippen LogP contribution in [0, 0.1) is 0 Å². The maximum absolute atomic E-state index is 5.87. The Balaban J connectivity index is 2.17. The van der Waals surface area contributed by atoms with Crippen molar-refractivity contribution in [3.63, 3.8) is 0 Å². The lowest BCUT2D eigenvalue weighted by Crippen LogP contribution is -2.36. The number of rotatable bonds is 3. The van der Waals surface area contributed by atoms with Gasteiger partial charge >= 0.3 is 0 Å². The molecule has 0 radical (unpaired) electrons. The van der Waals surface area contributed by atoms with Gasteiger partial charge in [0.05, 0.1) is 12.6 Å². The second-order valence-corrected chi connectivity index (χ2v) is 3.82. The molecule has 1 unspecified atom stereocenters. The topological polar surface area (TPSA) is 41.6 Å². The molecule has 2 rings (SSSR count). The Morgan fingerprint density at radius 3 is 2.80 bits per heavy atom. The molecule has 0 aromatic heterocycles. The molecule has 0 spiro atoms. The van der Waals surface area contributed by atoms with E-state index in [0.29, 0.717) is 12.0 Å². The lowest BCUT2D eigenvalue weighted by molar-refractivity contribution is 0.347. The van der Waals surface area contributed by atoms with Crippen molar-refractivity contribution in [1.82, 2.24) is 4.90 Å². The summed E-state index contributed by atoms with van der Waals surface area (Å²) in [5.41, 5.74) is 7.17. The van der Waals surface area contributed by atoms with Crippen LogP contribution in [-0.2, 0) is 0 Å². The molecule has 0 saturated heterocycles. The number of nitrogens with two attached hydrogens (primary N) is 1. The standard InChI is InChI=1S/C12H17N3/c1-2-8-15-11(9-14-12(15)13)10-6-4-3-5-7-10/h3-7,11H,2,8-9H2,1H3,(H2,13,14). The molecule has 0 aliphatic carbocycles. The summed E-state index contributed by atoms with van der Waals surface area (Å²) in [5, 5.41) is 0. The van der Waals surface area contributed by atoms with Crippen LogP contribution in [0.15, 0.2) is 35.3 Å². The van der Waals surface area contributed by atoms with Crippen LogP contribution in [0.4, 0.5) is 0 Å². The summed E-state index contributed by atoms with van der Waals surface area (Å²) in [6.45, 7) is 3.93. The number of nitrogens with zero attached hydrogens (tertiary/aromatic N) is 2. The van der Waals surface area contributed by atoms with Crippen molar-refractivity contribution >= 4 is 5.96 Å². The first-order valence-corrected chi connectivity index (χ1v) is 5.44. The average Bonchev–Trinajstić information content (AvgIpc) is 2.63. The van der Waals surface area contributed by atoms with Gasteiger partial charge in [-0.05, 0) is 12.0 Å². The molecule has 0 amide bonds. The van der Waals surface area contributed by atoms with Crippen molar-refractivity contribution in [3.05, 3.63) is 35.9 Å². The second kappa shape index (κ2) is 4.34. The number of aliphatic imine (C=N–C) groups is 1. The monoisotopic (exact) mass is 203 g/mol. The zero-order valence-corrected chi connectivity index (χ0v) is 9.06. The number of benzene rings is 1. The Labute approximate surface area is 90.6 Å². The van der Waals surface area contributed by atoms with E-state index in [1.807, 2.05) is 6.07 Å². The quantitative estimate of drug-likeness (QED) is 0.813. The molecule has 1 aromatic rings. The van der Waals surface area contributed by atoms with Gasteiger partial charge in [-0.1, -0.05) is 37.3 Å². The van der Waals surface area contributed by atoms with E-state index in [1.165, 1.54) is 5.56 Å². The van der Waals surface area contributed by atoms with E-state index in [4.69, 9.17) is 5.73 Å². The fraction of sp³-hybridized carbons (Fsp3) is 0.417. The van der Waals surface area contributed by atoms with Crippen molar-refractivity contribution < 1.29 is 0 Å². The number of hydrogen-bond donors (Lipinski definition) is 1. The third kappa shape index (κ3) is 1.96. The van der Waals surface area contributed by atoms with Crippen LogP contribution in [-0.4, -0.2) is 23.9 Å². The Morgan fingerprint density at radius 1 is 1.40 bits per heavy atom. The van der Waals surface area contributed by atoms with Gasteiger partial charge in [0.1, 0.15) is 0 Å². The predicted octanol–water partition coefficient (Wildman–Crippen LogP) is 1.77. The molecule has 3 nitrogen and oxygen atoms in total. The average molecular weight is 203 g/mol. The van der Waals surface area contributed by atoms with Gasteiger partial charge in [-0.2, -0.15) is 0 Å². The van der Waals surface area contributed by atoms with Crippen LogP contribution in [0.2, 0.25) is 0 Å². The molecular weight excluding hydrogens is 186 g/mol. The summed E-state index contributed by atoms with van der Waals surface area (Å²) in [6.07, 6.45) is 1.10. The van der Waals surface area contributed by atoms with E-state index in [1.54, 1.807) is 0 Å². The largest absolute Gasteiger partial charge is 0.370 e. The first kappa shape index (κ1) is 10.0.